The summed E-state index contributed by atoms with van der Waals surface area (Å²) in [6.07, 6.45) is 2.50. The largest absolute Gasteiger partial charge is 0.497 e. The molecule has 8 heteroatoms. The molecule has 0 saturated carbocycles. The molecule has 0 radical (unpaired) electrons. The molecule has 0 aliphatic carbocycles. The van der Waals surface area contributed by atoms with Crippen LogP contribution in [0.3, 0.4) is 0 Å². The second-order valence-corrected chi connectivity index (χ2v) is 8.89. The smallest absolute Gasteiger partial charge is 0.259 e. The number of hydrogen-bond acceptors (Lipinski definition) is 6. The van der Waals surface area contributed by atoms with Crippen molar-refractivity contribution >= 4 is 28.8 Å². The van der Waals surface area contributed by atoms with Crippen LogP contribution in [0.4, 0.5) is 5.69 Å². The Morgan fingerprint density at radius 3 is 2.74 bits per heavy atom. The molecule has 2 N–H and O–H groups in total. The molecule has 0 spiro atoms. The van der Waals surface area contributed by atoms with Crippen LogP contribution in [0.2, 0.25) is 0 Å². The second-order valence-electron chi connectivity index (χ2n) is 7.69. The summed E-state index contributed by atoms with van der Waals surface area (Å²) >= 11 is 1.56. The molecule has 0 bridgehead atoms. The summed E-state index contributed by atoms with van der Waals surface area (Å²) in [5.41, 5.74) is 2.47. The highest BCUT2D eigenvalue weighted by molar-refractivity contribution is 7.11. The first-order valence-corrected chi connectivity index (χ1v) is 11.5. The van der Waals surface area contributed by atoms with Gasteiger partial charge in [0.25, 0.3) is 11.8 Å². The predicted octanol–water partition coefficient (Wildman–Crippen LogP) is 5.03. The molecule has 0 unspecified atom stereocenters. The van der Waals surface area contributed by atoms with Gasteiger partial charge in [-0.15, -0.1) is 11.3 Å². The van der Waals surface area contributed by atoms with Gasteiger partial charge in [0.05, 0.1) is 29.9 Å². The van der Waals surface area contributed by atoms with Crippen LogP contribution < -0.4 is 20.1 Å². The highest BCUT2D eigenvalue weighted by atomic mass is 32.1. The Morgan fingerprint density at radius 2 is 1.91 bits per heavy atom. The van der Waals surface area contributed by atoms with Gasteiger partial charge in [-0.2, -0.15) is 0 Å². The number of rotatable bonds is 6. The van der Waals surface area contributed by atoms with Gasteiger partial charge in [0.15, 0.2) is 5.75 Å². The Morgan fingerprint density at radius 1 is 1.09 bits per heavy atom. The van der Waals surface area contributed by atoms with E-state index < -0.39 is 0 Å². The number of carbonyl (C=O) groups is 2. The van der Waals surface area contributed by atoms with Crippen LogP contribution >= 0.6 is 11.3 Å². The van der Waals surface area contributed by atoms with Crippen LogP contribution in [-0.4, -0.2) is 23.9 Å². The maximum Gasteiger partial charge on any atom is 0.259 e. The minimum Gasteiger partial charge on any atom is -0.497 e. The van der Waals surface area contributed by atoms with Crippen molar-refractivity contribution in [3.63, 3.8) is 0 Å². The fourth-order valence-corrected chi connectivity index (χ4v) is 4.50. The highest BCUT2D eigenvalue weighted by Gasteiger charge is 2.21. The molecule has 0 atom stereocenters. The monoisotopic (exact) mass is 471 g/mol. The molecular formula is C26H21N3O4S. The van der Waals surface area contributed by atoms with Crippen molar-refractivity contribution in [2.75, 3.05) is 12.4 Å². The van der Waals surface area contributed by atoms with E-state index in [4.69, 9.17) is 9.47 Å². The number of para-hydroxylation sites is 1. The van der Waals surface area contributed by atoms with Gasteiger partial charge in [-0.1, -0.05) is 24.3 Å². The number of anilines is 1. The number of carbonyl (C=O) groups excluding carboxylic acids is 2. The lowest BCUT2D eigenvalue weighted by Gasteiger charge is -2.10. The van der Waals surface area contributed by atoms with Gasteiger partial charge in [0.2, 0.25) is 0 Å². The van der Waals surface area contributed by atoms with Gasteiger partial charge in [0, 0.05) is 23.1 Å². The Balaban J connectivity index is 1.23. The molecule has 1 aliphatic rings. The zero-order valence-corrected chi connectivity index (χ0v) is 19.1. The van der Waals surface area contributed by atoms with E-state index in [9.17, 15) is 9.59 Å². The van der Waals surface area contributed by atoms with E-state index >= 15 is 0 Å². The first-order chi connectivity index (χ1) is 16.6. The minimum atomic E-state index is -0.277. The zero-order valence-electron chi connectivity index (χ0n) is 18.3. The van der Waals surface area contributed by atoms with Crippen molar-refractivity contribution in [1.82, 2.24) is 10.3 Å². The molecule has 0 saturated heterocycles. The van der Waals surface area contributed by atoms with Crippen LogP contribution in [0.15, 0.2) is 72.9 Å². The van der Waals surface area contributed by atoms with Crippen LogP contribution in [0.1, 0.15) is 36.2 Å². The molecule has 2 amide bonds. The maximum atomic E-state index is 12.8. The van der Waals surface area contributed by atoms with Crippen LogP contribution in [-0.2, 0) is 13.0 Å². The average molecular weight is 472 g/mol. The van der Waals surface area contributed by atoms with E-state index in [-0.39, 0.29) is 11.8 Å². The first kappa shape index (κ1) is 21.7. The number of ether oxygens (including phenoxy) is 2. The maximum absolute atomic E-state index is 12.8. The van der Waals surface area contributed by atoms with Crippen molar-refractivity contribution < 1.29 is 19.1 Å². The highest BCUT2D eigenvalue weighted by Crippen LogP contribution is 2.36. The summed E-state index contributed by atoms with van der Waals surface area (Å²) in [6, 6.07) is 19.9. The molecule has 1 aliphatic heterocycles. The summed E-state index contributed by atoms with van der Waals surface area (Å²) < 4.78 is 11.1. The van der Waals surface area contributed by atoms with Gasteiger partial charge in [0.1, 0.15) is 11.5 Å². The first-order valence-electron chi connectivity index (χ1n) is 10.7. The van der Waals surface area contributed by atoms with E-state index in [1.165, 1.54) is 0 Å². The van der Waals surface area contributed by atoms with Crippen molar-refractivity contribution in [3.05, 3.63) is 99.5 Å². The molecule has 7 nitrogen and oxygen atoms in total. The van der Waals surface area contributed by atoms with E-state index in [1.54, 1.807) is 67.1 Å². The molecule has 4 aromatic rings. The van der Waals surface area contributed by atoms with Gasteiger partial charge in [-0.3, -0.25) is 9.59 Å². The molecule has 1 aromatic heterocycles. The fourth-order valence-electron chi connectivity index (χ4n) is 3.61. The summed E-state index contributed by atoms with van der Waals surface area (Å²) in [6.45, 7) is 0.366. The standard InChI is InChI=1S/C26H21N3O4S/c1-32-18-9-6-16(7-10-18)12-24-27-14-19(34-24)15-28-25(30)17-8-11-23-21(13-17)29-26(31)20-4-2-3-5-22(20)33-23/h2-11,13-14H,12,15H2,1H3,(H,28,30)(H,29,31). The molecule has 5 rings (SSSR count). The number of thiazole rings is 1. The van der Waals surface area contributed by atoms with E-state index in [2.05, 4.69) is 15.6 Å². The third kappa shape index (κ3) is 4.62. The summed E-state index contributed by atoms with van der Waals surface area (Å²) in [4.78, 5) is 30.7. The average Bonchev–Trinajstić information content (AvgIpc) is 3.25. The Hall–Kier alpha value is -4.17. The van der Waals surface area contributed by atoms with Crippen molar-refractivity contribution in [1.29, 1.82) is 0 Å². The lowest BCUT2D eigenvalue weighted by molar-refractivity contribution is 0.0950. The second kappa shape index (κ2) is 9.36. The van der Waals surface area contributed by atoms with Gasteiger partial charge in [-0.25, -0.2) is 4.98 Å². The van der Waals surface area contributed by atoms with Crippen LogP contribution in [0.25, 0.3) is 0 Å². The molecule has 3 aromatic carbocycles. The fraction of sp³-hybridized carbons (Fsp3) is 0.115. The summed E-state index contributed by atoms with van der Waals surface area (Å²) in [5.74, 6) is 1.26. The number of fused-ring (bicyclic) bond motifs is 2. The lowest BCUT2D eigenvalue weighted by atomic mass is 10.1. The quantitative estimate of drug-likeness (QED) is 0.412. The minimum absolute atomic E-state index is 0.246. The number of hydrogen-bond donors (Lipinski definition) is 2. The van der Waals surface area contributed by atoms with Crippen LogP contribution in [0.5, 0.6) is 17.2 Å². The number of amides is 2. The van der Waals surface area contributed by atoms with E-state index in [0.717, 1.165) is 27.6 Å². The lowest BCUT2D eigenvalue weighted by Crippen LogP contribution is -2.22. The normalized spacial score (nSPS) is 12.0. The number of nitrogens with one attached hydrogen (secondary N) is 2. The molecule has 2 heterocycles. The Labute approximate surface area is 200 Å². The Kier molecular flexibility index (Phi) is 5.97. The SMILES string of the molecule is COc1ccc(Cc2ncc(CNC(=O)c3ccc4c(c3)NC(=O)c3ccccc3O4)s2)cc1. The van der Waals surface area contributed by atoms with Crippen molar-refractivity contribution in [2.45, 2.75) is 13.0 Å². The topological polar surface area (TPSA) is 89.5 Å². The number of benzene rings is 3. The number of nitrogens with zero attached hydrogens (tertiary/aromatic N) is 1. The van der Waals surface area contributed by atoms with Crippen LogP contribution in [0, 0.1) is 0 Å². The third-order valence-corrected chi connectivity index (χ3v) is 6.38. The predicted molar refractivity (Wildman–Crippen MR) is 130 cm³/mol. The van der Waals surface area contributed by atoms with E-state index in [0.29, 0.717) is 34.9 Å². The van der Waals surface area contributed by atoms with Gasteiger partial charge < -0.3 is 20.1 Å². The zero-order chi connectivity index (χ0) is 23.5. The van der Waals surface area contributed by atoms with Gasteiger partial charge >= 0.3 is 0 Å². The third-order valence-electron chi connectivity index (χ3n) is 5.38. The summed E-state index contributed by atoms with van der Waals surface area (Å²) in [5, 5.41) is 6.71. The summed E-state index contributed by atoms with van der Waals surface area (Å²) in [7, 11) is 1.64. The van der Waals surface area contributed by atoms with E-state index in [1.807, 2.05) is 24.3 Å². The molecule has 170 valence electrons. The molecule has 0 fully saturated rings. The number of aromatic nitrogens is 1. The molecule has 34 heavy (non-hydrogen) atoms. The number of methoxy groups -OCH3 is 1. The van der Waals surface area contributed by atoms with Crippen molar-refractivity contribution in [3.8, 4) is 17.2 Å². The molecular weight excluding hydrogens is 450 g/mol. The van der Waals surface area contributed by atoms with Crippen molar-refractivity contribution in [2.24, 2.45) is 0 Å². The Bertz CT molecular complexity index is 1360. The van der Waals surface area contributed by atoms with Gasteiger partial charge in [-0.05, 0) is 48.0 Å².